The van der Waals surface area contributed by atoms with Gasteiger partial charge in [0.05, 0.1) is 0 Å². The molecule has 3 nitrogen and oxygen atoms in total. The van der Waals surface area contributed by atoms with Crippen molar-refractivity contribution in [3.05, 3.63) is 30.3 Å². The fourth-order valence-corrected chi connectivity index (χ4v) is 1.20. The molecule has 0 aromatic heterocycles. The molecule has 0 aliphatic rings. The molecule has 0 bridgehead atoms. The summed E-state index contributed by atoms with van der Waals surface area (Å²) in [5, 5.41) is 12.5. The molecule has 0 aliphatic heterocycles. The second-order valence-corrected chi connectivity index (χ2v) is 3.45. The van der Waals surface area contributed by atoms with E-state index >= 15 is 0 Å². The average Bonchev–Trinajstić information content (AvgIpc) is 2.28. The number of nitrogens with one attached hydrogen (secondary N) is 1. The summed E-state index contributed by atoms with van der Waals surface area (Å²) >= 11 is 0. The molecular weight excluding hydrogens is 190 g/mol. The van der Waals surface area contributed by atoms with Crippen molar-refractivity contribution in [3.8, 4) is 5.75 Å². The molecule has 0 saturated heterocycles. The molecule has 1 aromatic carbocycles. The number of aliphatic hydroxyl groups excluding tert-OH is 1. The molecule has 15 heavy (non-hydrogen) atoms. The highest BCUT2D eigenvalue weighted by Gasteiger charge is 2.02. The van der Waals surface area contributed by atoms with Crippen molar-refractivity contribution in [1.82, 2.24) is 5.32 Å². The molecule has 84 valence electrons. The zero-order valence-corrected chi connectivity index (χ0v) is 9.15. The number of rotatable bonds is 7. The molecule has 3 heteroatoms. The smallest absolute Gasteiger partial charge is 0.139 e. The standard InChI is InChI=1S/C12H19NO2/c1-2-3-9-13-12(14)10-15-11-7-5-4-6-8-11/h4-8,12-14H,2-3,9-10H2,1H3. The predicted octanol–water partition coefficient (Wildman–Crippen LogP) is 1.77. The van der Waals surface area contributed by atoms with Gasteiger partial charge in [-0.25, -0.2) is 0 Å². The first-order valence-corrected chi connectivity index (χ1v) is 5.42. The molecule has 0 amide bonds. The van der Waals surface area contributed by atoms with E-state index in [9.17, 15) is 5.11 Å². The van der Waals surface area contributed by atoms with Crippen molar-refractivity contribution in [1.29, 1.82) is 0 Å². The van der Waals surface area contributed by atoms with E-state index in [-0.39, 0.29) is 6.61 Å². The minimum absolute atomic E-state index is 0.285. The molecule has 0 spiro atoms. The van der Waals surface area contributed by atoms with E-state index in [1.54, 1.807) is 0 Å². The molecule has 1 aromatic rings. The Bertz CT molecular complexity index is 251. The van der Waals surface area contributed by atoms with E-state index in [4.69, 9.17) is 4.74 Å². The second kappa shape index (κ2) is 7.26. The van der Waals surface area contributed by atoms with Crippen molar-refractivity contribution in [3.63, 3.8) is 0 Å². The van der Waals surface area contributed by atoms with Gasteiger partial charge < -0.3 is 9.84 Å². The van der Waals surface area contributed by atoms with Gasteiger partial charge in [-0.3, -0.25) is 5.32 Å². The monoisotopic (exact) mass is 209 g/mol. The zero-order chi connectivity index (χ0) is 10.9. The Balaban J connectivity index is 2.14. The van der Waals surface area contributed by atoms with Gasteiger partial charge in [-0.15, -0.1) is 0 Å². The molecule has 0 fully saturated rings. The van der Waals surface area contributed by atoms with Crippen LogP contribution in [0.3, 0.4) is 0 Å². The number of para-hydroxylation sites is 1. The largest absolute Gasteiger partial charge is 0.489 e. The third kappa shape index (κ3) is 5.40. The van der Waals surface area contributed by atoms with Crippen molar-refractivity contribution in [2.24, 2.45) is 0 Å². The molecule has 0 aliphatic carbocycles. The summed E-state index contributed by atoms with van der Waals surface area (Å²) in [6.45, 7) is 3.23. The highest BCUT2D eigenvalue weighted by molar-refractivity contribution is 5.20. The van der Waals surface area contributed by atoms with Crippen molar-refractivity contribution in [2.75, 3.05) is 13.2 Å². The maximum absolute atomic E-state index is 9.50. The van der Waals surface area contributed by atoms with E-state index < -0.39 is 6.23 Å². The molecule has 0 saturated carbocycles. The SMILES string of the molecule is CCCCNC(O)COc1ccccc1. The molecular formula is C12H19NO2. The number of unbranched alkanes of at least 4 members (excludes halogenated alkanes) is 1. The lowest BCUT2D eigenvalue weighted by molar-refractivity contribution is 0.0789. The topological polar surface area (TPSA) is 41.5 Å². The van der Waals surface area contributed by atoms with Crippen molar-refractivity contribution < 1.29 is 9.84 Å². The number of benzene rings is 1. The molecule has 0 heterocycles. The van der Waals surface area contributed by atoms with Gasteiger partial charge in [-0.05, 0) is 25.1 Å². The Labute approximate surface area is 91.1 Å². The van der Waals surface area contributed by atoms with Crippen LogP contribution in [0.5, 0.6) is 5.75 Å². The summed E-state index contributed by atoms with van der Waals surface area (Å²) in [7, 11) is 0. The summed E-state index contributed by atoms with van der Waals surface area (Å²) in [6.07, 6.45) is 1.61. The number of hydrogen-bond acceptors (Lipinski definition) is 3. The van der Waals surface area contributed by atoms with Gasteiger partial charge in [-0.2, -0.15) is 0 Å². The number of aliphatic hydroxyl groups is 1. The summed E-state index contributed by atoms with van der Waals surface area (Å²) in [6, 6.07) is 9.50. The first-order valence-electron chi connectivity index (χ1n) is 5.42. The van der Waals surface area contributed by atoms with Crippen LogP contribution < -0.4 is 10.1 Å². The van der Waals surface area contributed by atoms with E-state index in [2.05, 4.69) is 12.2 Å². The Kier molecular flexibility index (Phi) is 5.81. The Morgan fingerprint density at radius 2 is 2.07 bits per heavy atom. The minimum atomic E-state index is -0.586. The third-order valence-electron chi connectivity index (χ3n) is 2.06. The molecule has 0 radical (unpaired) electrons. The first-order chi connectivity index (χ1) is 7.33. The van der Waals surface area contributed by atoms with Crippen LogP contribution in [0, 0.1) is 0 Å². The van der Waals surface area contributed by atoms with Gasteiger partial charge in [-0.1, -0.05) is 31.5 Å². The Morgan fingerprint density at radius 1 is 1.33 bits per heavy atom. The summed E-state index contributed by atoms with van der Waals surface area (Å²) < 4.78 is 5.39. The molecule has 1 unspecified atom stereocenters. The third-order valence-corrected chi connectivity index (χ3v) is 2.06. The maximum atomic E-state index is 9.50. The van der Waals surface area contributed by atoms with Crippen LogP contribution in [0.15, 0.2) is 30.3 Å². The van der Waals surface area contributed by atoms with Gasteiger partial charge in [0.1, 0.15) is 18.6 Å². The summed E-state index contributed by atoms with van der Waals surface area (Å²) in [4.78, 5) is 0. The number of hydrogen-bond donors (Lipinski definition) is 2. The van der Waals surface area contributed by atoms with Crippen molar-refractivity contribution >= 4 is 0 Å². The molecule has 1 atom stereocenters. The highest BCUT2D eigenvalue weighted by Crippen LogP contribution is 2.07. The Hall–Kier alpha value is -1.06. The van der Waals surface area contributed by atoms with Crippen molar-refractivity contribution in [2.45, 2.75) is 26.0 Å². The zero-order valence-electron chi connectivity index (χ0n) is 9.15. The normalized spacial score (nSPS) is 12.4. The van der Waals surface area contributed by atoms with E-state index in [0.717, 1.165) is 25.1 Å². The van der Waals surface area contributed by atoms with Gasteiger partial charge in [0.25, 0.3) is 0 Å². The minimum Gasteiger partial charge on any atom is -0.489 e. The van der Waals surface area contributed by atoms with E-state index in [1.807, 2.05) is 30.3 Å². The van der Waals surface area contributed by atoms with Crippen LogP contribution in [0.2, 0.25) is 0 Å². The van der Waals surface area contributed by atoms with Crippen LogP contribution in [-0.2, 0) is 0 Å². The highest BCUT2D eigenvalue weighted by atomic mass is 16.5. The molecule has 1 rings (SSSR count). The van der Waals surface area contributed by atoms with Gasteiger partial charge in [0.15, 0.2) is 0 Å². The van der Waals surface area contributed by atoms with Crippen LogP contribution in [0.1, 0.15) is 19.8 Å². The fourth-order valence-electron chi connectivity index (χ4n) is 1.20. The van der Waals surface area contributed by atoms with Gasteiger partial charge in [0, 0.05) is 0 Å². The lowest BCUT2D eigenvalue weighted by atomic mass is 10.3. The van der Waals surface area contributed by atoms with E-state index in [0.29, 0.717) is 0 Å². The Morgan fingerprint density at radius 3 is 2.73 bits per heavy atom. The predicted molar refractivity (Wildman–Crippen MR) is 60.9 cm³/mol. The van der Waals surface area contributed by atoms with Crippen LogP contribution in [0.4, 0.5) is 0 Å². The van der Waals surface area contributed by atoms with Crippen LogP contribution in [0.25, 0.3) is 0 Å². The number of ether oxygens (including phenoxy) is 1. The maximum Gasteiger partial charge on any atom is 0.139 e. The molecule has 2 N–H and O–H groups in total. The lowest BCUT2D eigenvalue weighted by Crippen LogP contribution is -2.34. The average molecular weight is 209 g/mol. The van der Waals surface area contributed by atoms with Crippen LogP contribution in [-0.4, -0.2) is 24.5 Å². The first kappa shape index (κ1) is 12.0. The van der Waals surface area contributed by atoms with Crippen LogP contribution >= 0.6 is 0 Å². The quantitative estimate of drug-likeness (QED) is 0.531. The fraction of sp³-hybridized carbons (Fsp3) is 0.500. The van der Waals surface area contributed by atoms with E-state index in [1.165, 1.54) is 0 Å². The van der Waals surface area contributed by atoms with Gasteiger partial charge in [0.2, 0.25) is 0 Å². The summed E-state index contributed by atoms with van der Waals surface area (Å²) in [5.74, 6) is 0.786. The lowest BCUT2D eigenvalue weighted by Gasteiger charge is -2.13. The van der Waals surface area contributed by atoms with Gasteiger partial charge >= 0.3 is 0 Å². The second-order valence-electron chi connectivity index (χ2n) is 3.45. The summed E-state index contributed by atoms with van der Waals surface area (Å²) in [5.41, 5.74) is 0.